The Bertz CT molecular complexity index is 564. The standard InChI is InChI=1S/C10H12N4O/c1-6-8(7-3-2-4-7)9(15)14-10(13-6)11-5-12-14/h5,7H,2-4H2,1H3,(H,11,12,13). The van der Waals surface area contributed by atoms with Crippen LogP contribution >= 0.6 is 0 Å². The number of aryl methyl sites for hydroxylation is 1. The van der Waals surface area contributed by atoms with Crippen LogP contribution in [-0.2, 0) is 0 Å². The van der Waals surface area contributed by atoms with Gasteiger partial charge in [0, 0.05) is 5.56 Å². The first kappa shape index (κ1) is 8.64. The molecule has 0 saturated heterocycles. The van der Waals surface area contributed by atoms with Crippen LogP contribution in [0.25, 0.3) is 5.78 Å². The van der Waals surface area contributed by atoms with Gasteiger partial charge >= 0.3 is 0 Å². The molecule has 0 atom stereocenters. The Balaban J connectivity index is 2.31. The molecule has 1 fully saturated rings. The van der Waals surface area contributed by atoms with Gasteiger partial charge in [0.2, 0.25) is 0 Å². The van der Waals surface area contributed by atoms with E-state index < -0.39 is 0 Å². The molecule has 2 heterocycles. The Morgan fingerprint density at radius 3 is 3.00 bits per heavy atom. The molecule has 78 valence electrons. The van der Waals surface area contributed by atoms with Crippen LogP contribution in [-0.4, -0.2) is 19.6 Å². The molecule has 0 aliphatic heterocycles. The molecular formula is C10H12N4O. The summed E-state index contributed by atoms with van der Waals surface area (Å²) in [7, 11) is 0. The number of nitrogens with zero attached hydrogens (tertiary/aromatic N) is 3. The van der Waals surface area contributed by atoms with E-state index in [1.165, 1.54) is 17.3 Å². The fourth-order valence-electron chi connectivity index (χ4n) is 2.14. The van der Waals surface area contributed by atoms with Crippen molar-refractivity contribution in [3.8, 4) is 0 Å². The van der Waals surface area contributed by atoms with E-state index in [9.17, 15) is 4.79 Å². The van der Waals surface area contributed by atoms with E-state index in [0.717, 1.165) is 24.1 Å². The van der Waals surface area contributed by atoms with Gasteiger partial charge in [-0.1, -0.05) is 6.42 Å². The summed E-state index contributed by atoms with van der Waals surface area (Å²) in [5.74, 6) is 0.866. The number of aromatic nitrogens is 4. The zero-order valence-corrected chi connectivity index (χ0v) is 8.53. The molecule has 0 radical (unpaired) electrons. The molecule has 5 nitrogen and oxygen atoms in total. The van der Waals surface area contributed by atoms with E-state index in [1.54, 1.807) is 0 Å². The van der Waals surface area contributed by atoms with Crippen LogP contribution in [0.4, 0.5) is 0 Å². The van der Waals surface area contributed by atoms with Crippen molar-refractivity contribution in [2.24, 2.45) is 0 Å². The summed E-state index contributed by atoms with van der Waals surface area (Å²) in [6, 6.07) is 0. The normalized spacial score (nSPS) is 16.9. The number of rotatable bonds is 1. The Labute approximate surface area is 86.2 Å². The Morgan fingerprint density at radius 1 is 1.53 bits per heavy atom. The van der Waals surface area contributed by atoms with Crippen LogP contribution in [0.3, 0.4) is 0 Å². The molecule has 0 unspecified atom stereocenters. The average molecular weight is 204 g/mol. The third kappa shape index (κ3) is 1.12. The molecule has 1 aliphatic rings. The summed E-state index contributed by atoms with van der Waals surface area (Å²) in [6.07, 6.45) is 4.93. The van der Waals surface area contributed by atoms with Gasteiger partial charge in [0.15, 0.2) is 0 Å². The summed E-state index contributed by atoms with van der Waals surface area (Å²) in [5, 5.41) is 2.79. The highest BCUT2D eigenvalue weighted by molar-refractivity contribution is 5.33. The van der Waals surface area contributed by atoms with Crippen molar-refractivity contribution in [1.82, 2.24) is 19.6 Å². The van der Waals surface area contributed by atoms with Gasteiger partial charge in [0.1, 0.15) is 6.33 Å². The molecule has 2 aromatic rings. The van der Waals surface area contributed by atoms with Crippen molar-refractivity contribution < 1.29 is 0 Å². The molecule has 0 aromatic carbocycles. The maximum Gasteiger partial charge on any atom is 0.277 e. The lowest BCUT2D eigenvalue weighted by Crippen LogP contribution is -2.27. The number of fused-ring (bicyclic) bond motifs is 1. The van der Waals surface area contributed by atoms with E-state index in [2.05, 4.69) is 15.1 Å². The zero-order chi connectivity index (χ0) is 10.4. The van der Waals surface area contributed by atoms with Crippen LogP contribution in [0.5, 0.6) is 0 Å². The summed E-state index contributed by atoms with van der Waals surface area (Å²) in [5.41, 5.74) is 1.71. The van der Waals surface area contributed by atoms with Crippen molar-refractivity contribution >= 4 is 5.78 Å². The second kappa shape index (κ2) is 2.92. The van der Waals surface area contributed by atoms with Crippen molar-refractivity contribution in [2.75, 3.05) is 0 Å². The minimum absolute atomic E-state index is 0.0136. The van der Waals surface area contributed by atoms with E-state index in [4.69, 9.17) is 0 Å². The molecule has 1 N–H and O–H groups in total. The van der Waals surface area contributed by atoms with Crippen molar-refractivity contribution in [2.45, 2.75) is 32.1 Å². The molecule has 5 heteroatoms. The second-order valence-electron chi connectivity index (χ2n) is 4.07. The van der Waals surface area contributed by atoms with Gasteiger partial charge in [-0.05, 0) is 25.7 Å². The van der Waals surface area contributed by atoms with Crippen molar-refractivity contribution in [3.63, 3.8) is 0 Å². The lowest BCUT2D eigenvalue weighted by Gasteiger charge is -2.25. The minimum atomic E-state index is 0.0136. The second-order valence-corrected chi connectivity index (χ2v) is 4.07. The fourth-order valence-corrected chi connectivity index (χ4v) is 2.14. The van der Waals surface area contributed by atoms with Crippen LogP contribution in [0.2, 0.25) is 0 Å². The van der Waals surface area contributed by atoms with Gasteiger partial charge in [0.05, 0.1) is 5.69 Å². The number of nitrogens with one attached hydrogen (secondary N) is 1. The molecule has 2 aromatic heterocycles. The molecular weight excluding hydrogens is 192 g/mol. The summed E-state index contributed by atoms with van der Waals surface area (Å²) in [4.78, 5) is 20.4. The van der Waals surface area contributed by atoms with Crippen molar-refractivity contribution in [3.05, 3.63) is 27.9 Å². The monoisotopic (exact) mass is 204 g/mol. The Kier molecular flexibility index (Phi) is 1.68. The number of aromatic amines is 1. The lowest BCUT2D eigenvalue weighted by molar-refractivity contribution is 0.412. The van der Waals surface area contributed by atoms with Gasteiger partial charge in [0.25, 0.3) is 11.3 Å². The van der Waals surface area contributed by atoms with Crippen LogP contribution in [0.15, 0.2) is 11.1 Å². The maximum absolute atomic E-state index is 12.1. The lowest BCUT2D eigenvalue weighted by atomic mass is 9.80. The predicted octanol–water partition coefficient (Wildman–Crippen LogP) is 0.994. The van der Waals surface area contributed by atoms with E-state index in [1.807, 2.05) is 6.92 Å². The third-order valence-corrected chi connectivity index (χ3v) is 3.17. The van der Waals surface area contributed by atoms with Crippen LogP contribution in [0.1, 0.15) is 36.4 Å². The van der Waals surface area contributed by atoms with Crippen LogP contribution in [0, 0.1) is 6.92 Å². The first-order valence-electron chi connectivity index (χ1n) is 5.20. The number of hydrogen-bond acceptors (Lipinski definition) is 3. The largest absolute Gasteiger partial charge is 0.278 e. The quantitative estimate of drug-likeness (QED) is 0.753. The summed E-state index contributed by atoms with van der Waals surface area (Å²) < 4.78 is 1.42. The summed E-state index contributed by atoms with van der Waals surface area (Å²) >= 11 is 0. The third-order valence-electron chi connectivity index (χ3n) is 3.17. The number of hydrogen-bond donors (Lipinski definition) is 1. The SMILES string of the molecule is Cc1nc2nc[nH]n2c(=O)c1C1CCC1. The molecule has 0 amide bonds. The molecule has 3 rings (SSSR count). The van der Waals surface area contributed by atoms with Gasteiger partial charge in [-0.25, -0.2) is 9.97 Å². The first-order chi connectivity index (χ1) is 7.27. The summed E-state index contributed by atoms with van der Waals surface area (Å²) in [6.45, 7) is 1.89. The molecule has 15 heavy (non-hydrogen) atoms. The minimum Gasteiger partial charge on any atom is -0.278 e. The zero-order valence-electron chi connectivity index (χ0n) is 8.53. The highest BCUT2D eigenvalue weighted by Gasteiger charge is 2.25. The van der Waals surface area contributed by atoms with E-state index in [0.29, 0.717) is 11.7 Å². The molecule has 0 spiro atoms. The number of H-pyrrole nitrogens is 1. The van der Waals surface area contributed by atoms with Gasteiger partial charge < -0.3 is 0 Å². The van der Waals surface area contributed by atoms with Gasteiger partial charge in [-0.15, -0.1) is 0 Å². The smallest absolute Gasteiger partial charge is 0.277 e. The first-order valence-corrected chi connectivity index (χ1v) is 5.20. The highest BCUT2D eigenvalue weighted by atomic mass is 16.1. The van der Waals surface area contributed by atoms with Gasteiger partial charge in [-0.2, -0.15) is 4.52 Å². The molecule has 1 aliphatic carbocycles. The van der Waals surface area contributed by atoms with E-state index >= 15 is 0 Å². The topological polar surface area (TPSA) is 63.1 Å². The van der Waals surface area contributed by atoms with E-state index in [-0.39, 0.29) is 5.56 Å². The molecule has 1 saturated carbocycles. The predicted molar refractivity (Wildman–Crippen MR) is 54.9 cm³/mol. The maximum atomic E-state index is 12.1. The van der Waals surface area contributed by atoms with Crippen LogP contribution < -0.4 is 5.56 Å². The fraction of sp³-hybridized carbons (Fsp3) is 0.500. The highest BCUT2D eigenvalue weighted by Crippen LogP contribution is 2.35. The molecule has 0 bridgehead atoms. The van der Waals surface area contributed by atoms with Gasteiger partial charge in [-0.3, -0.25) is 9.89 Å². The Morgan fingerprint density at radius 2 is 2.33 bits per heavy atom. The average Bonchev–Trinajstić information content (AvgIpc) is 2.56. The Hall–Kier alpha value is -1.65. The van der Waals surface area contributed by atoms with Crippen molar-refractivity contribution in [1.29, 1.82) is 0 Å².